The molecule has 1 spiro atoms. The first-order chi connectivity index (χ1) is 14.7. The number of nitrogens with zero attached hydrogens (tertiary/aromatic N) is 2. The van der Waals surface area contributed by atoms with Crippen LogP contribution >= 0.6 is 0 Å². The summed E-state index contributed by atoms with van der Waals surface area (Å²) in [5.74, 6) is -3.66. The number of ether oxygens (including phenoxy) is 2. The number of rotatable bonds is 2. The summed E-state index contributed by atoms with van der Waals surface area (Å²) in [4.78, 5) is 27.1. The third-order valence-corrected chi connectivity index (χ3v) is 5.16. The highest BCUT2D eigenvalue weighted by Crippen LogP contribution is 2.37. The molecule has 0 saturated carbocycles. The SMILES string of the molecule is O=C(c1ccccc1F)N1CCOCC2(C1)CN(c1ccc(F)cc1)C(=O)C(F)(F)O2. The molecule has 2 amide bonds. The summed E-state index contributed by atoms with van der Waals surface area (Å²) >= 11 is 0. The molecular weight excluding hydrogens is 420 g/mol. The van der Waals surface area contributed by atoms with Gasteiger partial charge in [-0.15, -0.1) is 0 Å². The van der Waals surface area contributed by atoms with Crippen LogP contribution in [0.25, 0.3) is 0 Å². The predicted molar refractivity (Wildman–Crippen MR) is 101 cm³/mol. The van der Waals surface area contributed by atoms with E-state index in [1.807, 2.05) is 0 Å². The molecule has 1 unspecified atom stereocenters. The van der Waals surface area contributed by atoms with Crippen molar-refractivity contribution >= 4 is 17.5 Å². The lowest BCUT2D eigenvalue weighted by Gasteiger charge is -2.45. The fourth-order valence-corrected chi connectivity index (χ4v) is 3.74. The molecule has 2 aromatic rings. The van der Waals surface area contributed by atoms with Gasteiger partial charge in [0.05, 0.1) is 31.9 Å². The van der Waals surface area contributed by atoms with Crippen LogP contribution in [0.2, 0.25) is 0 Å². The Bertz CT molecular complexity index is 1000. The first kappa shape index (κ1) is 21.3. The summed E-state index contributed by atoms with van der Waals surface area (Å²) in [6.07, 6.45) is -4.20. The first-order valence-electron chi connectivity index (χ1n) is 9.48. The van der Waals surface area contributed by atoms with Gasteiger partial charge in [0.1, 0.15) is 17.2 Å². The van der Waals surface area contributed by atoms with Crippen LogP contribution in [0, 0.1) is 11.6 Å². The molecule has 10 heteroatoms. The average Bonchev–Trinajstić information content (AvgIpc) is 2.93. The van der Waals surface area contributed by atoms with Crippen LogP contribution in [0.4, 0.5) is 23.2 Å². The Morgan fingerprint density at radius 3 is 2.42 bits per heavy atom. The van der Waals surface area contributed by atoms with Crippen molar-refractivity contribution in [3.8, 4) is 0 Å². The second kappa shape index (κ2) is 7.93. The van der Waals surface area contributed by atoms with E-state index in [0.717, 1.165) is 23.1 Å². The molecule has 0 N–H and O–H groups in total. The Morgan fingerprint density at radius 2 is 1.71 bits per heavy atom. The lowest BCUT2D eigenvalue weighted by Crippen LogP contribution is -2.66. The van der Waals surface area contributed by atoms with Gasteiger partial charge in [-0.2, -0.15) is 8.78 Å². The first-order valence-corrected chi connectivity index (χ1v) is 9.48. The van der Waals surface area contributed by atoms with Crippen molar-refractivity contribution in [3.63, 3.8) is 0 Å². The summed E-state index contributed by atoms with van der Waals surface area (Å²) in [7, 11) is 0. The Morgan fingerprint density at radius 1 is 1.00 bits per heavy atom. The van der Waals surface area contributed by atoms with Gasteiger partial charge in [0.25, 0.3) is 5.91 Å². The van der Waals surface area contributed by atoms with E-state index in [0.29, 0.717) is 0 Å². The van der Waals surface area contributed by atoms with Crippen LogP contribution in [0.3, 0.4) is 0 Å². The summed E-state index contributed by atoms with van der Waals surface area (Å²) in [5.41, 5.74) is -1.94. The Labute approximate surface area is 174 Å². The van der Waals surface area contributed by atoms with E-state index in [4.69, 9.17) is 9.47 Å². The number of morpholine rings is 1. The minimum atomic E-state index is -4.20. The fraction of sp³-hybridized carbons (Fsp3) is 0.333. The van der Waals surface area contributed by atoms with Crippen LogP contribution in [-0.2, 0) is 14.3 Å². The van der Waals surface area contributed by atoms with E-state index in [1.54, 1.807) is 0 Å². The van der Waals surface area contributed by atoms with Crippen LogP contribution in [0.15, 0.2) is 48.5 Å². The monoisotopic (exact) mass is 438 g/mol. The van der Waals surface area contributed by atoms with Crippen LogP contribution < -0.4 is 4.90 Å². The molecule has 6 nitrogen and oxygen atoms in total. The van der Waals surface area contributed by atoms with Gasteiger partial charge in [-0.1, -0.05) is 12.1 Å². The van der Waals surface area contributed by atoms with Crippen LogP contribution in [-0.4, -0.2) is 61.3 Å². The molecule has 0 radical (unpaired) electrons. The van der Waals surface area contributed by atoms with Crippen molar-refractivity contribution in [2.45, 2.75) is 11.7 Å². The molecule has 2 heterocycles. The minimum Gasteiger partial charge on any atom is -0.376 e. The van der Waals surface area contributed by atoms with Crippen molar-refractivity contribution < 1.29 is 36.6 Å². The summed E-state index contributed by atoms with van der Waals surface area (Å²) in [6, 6.07) is 9.81. The van der Waals surface area contributed by atoms with Gasteiger partial charge < -0.3 is 14.5 Å². The highest BCUT2D eigenvalue weighted by molar-refractivity contribution is 5.98. The maximum atomic E-state index is 14.6. The predicted octanol–water partition coefficient (Wildman–Crippen LogP) is 2.83. The standard InChI is InChI=1S/C21H18F4N2O4/c22-14-5-7-15(8-6-14)27-12-20(31-21(24,25)19(27)29)11-26(9-10-30-13-20)18(28)16-3-1-2-4-17(16)23/h1-8H,9-13H2. The van der Waals surface area contributed by atoms with Crippen molar-refractivity contribution in [2.24, 2.45) is 0 Å². The second-order valence-corrected chi connectivity index (χ2v) is 7.43. The fourth-order valence-electron chi connectivity index (χ4n) is 3.74. The quantitative estimate of drug-likeness (QED) is 0.677. The maximum absolute atomic E-state index is 14.6. The molecular formula is C21H18F4N2O4. The highest BCUT2D eigenvalue weighted by atomic mass is 19.3. The molecule has 0 aromatic heterocycles. The molecule has 2 aliphatic heterocycles. The number of carbonyl (C=O) groups is 2. The Balaban J connectivity index is 1.66. The number of hydrogen-bond acceptors (Lipinski definition) is 4. The molecule has 2 fully saturated rings. The number of alkyl halides is 2. The highest BCUT2D eigenvalue weighted by Gasteiger charge is 2.58. The zero-order valence-corrected chi connectivity index (χ0v) is 16.2. The molecule has 164 valence electrons. The van der Waals surface area contributed by atoms with Crippen molar-refractivity contribution in [2.75, 3.05) is 37.7 Å². The van der Waals surface area contributed by atoms with E-state index in [9.17, 15) is 27.2 Å². The molecule has 2 aromatic carbocycles. The van der Waals surface area contributed by atoms with E-state index in [-0.39, 0.29) is 44.1 Å². The zero-order chi connectivity index (χ0) is 22.2. The number of hydrogen-bond donors (Lipinski definition) is 0. The molecule has 4 rings (SSSR count). The molecule has 2 aliphatic rings. The number of halogens is 4. The third kappa shape index (κ3) is 4.13. The van der Waals surface area contributed by atoms with Crippen molar-refractivity contribution in [3.05, 3.63) is 65.7 Å². The Hall–Kier alpha value is -2.98. The third-order valence-electron chi connectivity index (χ3n) is 5.16. The number of carbonyl (C=O) groups excluding carboxylic acids is 2. The maximum Gasteiger partial charge on any atom is 0.437 e. The molecule has 0 bridgehead atoms. The van der Waals surface area contributed by atoms with Gasteiger partial charge in [0.15, 0.2) is 0 Å². The van der Waals surface area contributed by atoms with E-state index >= 15 is 0 Å². The molecule has 0 aliphatic carbocycles. The second-order valence-electron chi connectivity index (χ2n) is 7.43. The van der Waals surface area contributed by atoms with Gasteiger partial charge in [0, 0.05) is 12.2 Å². The number of benzene rings is 2. The lowest BCUT2D eigenvalue weighted by molar-refractivity contribution is -0.293. The Kier molecular flexibility index (Phi) is 5.44. The smallest absolute Gasteiger partial charge is 0.376 e. The molecule has 2 saturated heterocycles. The van der Waals surface area contributed by atoms with Crippen LogP contribution in [0.1, 0.15) is 10.4 Å². The van der Waals surface area contributed by atoms with E-state index in [1.165, 1.54) is 35.2 Å². The number of amides is 2. The van der Waals surface area contributed by atoms with E-state index < -0.39 is 35.2 Å². The van der Waals surface area contributed by atoms with Gasteiger partial charge in [-0.25, -0.2) is 8.78 Å². The topological polar surface area (TPSA) is 59.1 Å². The molecule has 1 atom stereocenters. The minimum absolute atomic E-state index is 0.0152. The summed E-state index contributed by atoms with van der Waals surface area (Å²) < 4.78 is 66.9. The van der Waals surface area contributed by atoms with Crippen LogP contribution in [0.5, 0.6) is 0 Å². The van der Waals surface area contributed by atoms with Gasteiger partial charge in [0.2, 0.25) is 0 Å². The van der Waals surface area contributed by atoms with Gasteiger partial charge in [-0.05, 0) is 36.4 Å². The summed E-state index contributed by atoms with van der Waals surface area (Å²) in [5, 5.41) is 0. The van der Waals surface area contributed by atoms with Gasteiger partial charge >= 0.3 is 12.0 Å². The van der Waals surface area contributed by atoms with Crippen molar-refractivity contribution in [1.82, 2.24) is 4.90 Å². The molecule has 31 heavy (non-hydrogen) atoms. The number of anilines is 1. The van der Waals surface area contributed by atoms with Gasteiger partial charge in [-0.3, -0.25) is 14.3 Å². The largest absolute Gasteiger partial charge is 0.437 e. The zero-order valence-electron chi connectivity index (χ0n) is 16.2. The van der Waals surface area contributed by atoms with Crippen molar-refractivity contribution in [1.29, 1.82) is 0 Å². The average molecular weight is 438 g/mol. The lowest BCUT2D eigenvalue weighted by atomic mass is 9.99. The normalized spacial score (nSPS) is 23.7. The van der Waals surface area contributed by atoms with E-state index in [2.05, 4.69) is 0 Å². The summed E-state index contributed by atoms with van der Waals surface area (Å²) in [6.45, 7) is -1.01.